The Morgan fingerprint density at radius 2 is 1.88 bits per heavy atom. The molecule has 1 aliphatic heterocycles. The molecule has 1 aromatic carbocycles. The molecule has 1 saturated heterocycles. The number of benzene rings is 1. The van der Waals surface area contributed by atoms with Crippen LogP contribution in [-0.2, 0) is 14.3 Å². The maximum atomic E-state index is 12.7. The number of hydrogen-bond acceptors (Lipinski definition) is 4. The summed E-state index contributed by atoms with van der Waals surface area (Å²) in [4.78, 5) is 27.0. The summed E-state index contributed by atoms with van der Waals surface area (Å²) in [6.45, 7) is 6.01. The molecule has 0 radical (unpaired) electrons. The van der Waals surface area contributed by atoms with Crippen LogP contribution in [0.2, 0.25) is 0 Å². The Labute approximate surface area is 155 Å². The van der Waals surface area contributed by atoms with E-state index in [9.17, 15) is 9.59 Å². The molecule has 26 heavy (non-hydrogen) atoms. The van der Waals surface area contributed by atoms with Crippen molar-refractivity contribution in [1.29, 1.82) is 0 Å². The van der Waals surface area contributed by atoms with Gasteiger partial charge in [-0.25, -0.2) is 0 Å². The molecule has 6 heteroatoms. The highest BCUT2D eigenvalue weighted by Crippen LogP contribution is 2.34. The Bertz CT molecular complexity index is 600. The van der Waals surface area contributed by atoms with Crippen LogP contribution in [0.5, 0.6) is 5.75 Å². The Morgan fingerprint density at radius 3 is 2.46 bits per heavy atom. The molecule has 0 bridgehead atoms. The first-order valence-corrected chi connectivity index (χ1v) is 9.17. The van der Waals surface area contributed by atoms with E-state index in [0.29, 0.717) is 26.2 Å². The fraction of sp³-hybridized carbons (Fsp3) is 0.600. The van der Waals surface area contributed by atoms with E-state index in [1.807, 2.05) is 43.0 Å². The topological polar surface area (TPSA) is 67.9 Å². The van der Waals surface area contributed by atoms with Crippen LogP contribution in [0.4, 0.5) is 0 Å². The van der Waals surface area contributed by atoms with Crippen LogP contribution in [0.25, 0.3) is 0 Å². The number of likely N-dealkylation sites (tertiary alicyclic amines) is 1. The summed E-state index contributed by atoms with van der Waals surface area (Å²) in [5.74, 6) is 0.552. The van der Waals surface area contributed by atoms with Crippen LogP contribution in [0.1, 0.15) is 31.7 Å². The summed E-state index contributed by atoms with van der Waals surface area (Å²) in [7, 11) is 3.28. The molecule has 144 valence electrons. The van der Waals surface area contributed by atoms with E-state index in [-0.39, 0.29) is 29.6 Å². The van der Waals surface area contributed by atoms with Crippen molar-refractivity contribution in [3.05, 3.63) is 29.8 Å². The van der Waals surface area contributed by atoms with E-state index in [1.165, 1.54) is 0 Å². The summed E-state index contributed by atoms with van der Waals surface area (Å²) in [5.41, 5.74) is 1.06. The molecular formula is C20H30N2O4. The molecule has 1 heterocycles. The number of ether oxygens (including phenoxy) is 2. The van der Waals surface area contributed by atoms with E-state index in [1.54, 1.807) is 14.2 Å². The number of nitrogens with zero attached hydrogens (tertiary/aromatic N) is 1. The van der Waals surface area contributed by atoms with Gasteiger partial charge in [0, 0.05) is 45.2 Å². The number of nitrogens with one attached hydrogen (secondary N) is 1. The summed E-state index contributed by atoms with van der Waals surface area (Å²) >= 11 is 0. The third-order valence-corrected chi connectivity index (χ3v) is 4.83. The number of amides is 2. The molecule has 2 atom stereocenters. The van der Waals surface area contributed by atoms with Gasteiger partial charge >= 0.3 is 0 Å². The second-order valence-electron chi connectivity index (χ2n) is 7.02. The summed E-state index contributed by atoms with van der Waals surface area (Å²) < 4.78 is 10.2. The molecule has 2 amide bonds. The van der Waals surface area contributed by atoms with E-state index in [0.717, 1.165) is 17.7 Å². The van der Waals surface area contributed by atoms with Crippen LogP contribution in [0.15, 0.2) is 24.3 Å². The predicted octanol–water partition coefficient (Wildman–Crippen LogP) is 2.05. The molecule has 0 aliphatic carbocycles. The molecule has 2 unspecified atom stereocenters. The van der Waals surface area contributed by atoms with Gasteiger partial charge in [0.05, 0.1) is 13.0 Å². The quantitative estimate of drug-likeness (QED) is 0.719. The molecule has 1 N–H and O–H groups in total. The minimum Gasteiger partial charge on any atom is -0.497 e. The normalized spacial score (nSPS) is 19.7. The summed E-state index contributed by atoms with van der Waals surface area (Å²) in [6, 6.07) is 7.77. The minimum atomic E-state index is -0.242. The van der Waals surface area contributed by atoms with Crippen LogP contribution in [0.3, 0.4) is 0 Å². The number of methoxy groups -OCH3 is 2. The zero-order chi connectivity index (χ0) is 19.1. The van der Waals surface area contributed by atoms with Crippen molar-refractivity contribution in [1.82, 2.24) is 10.2 Å². The lowest BCUT2D eigenvalue weighted by Gasteiger charge is -2.18. The molecular weight excluding hydrogens is 332 g/mol. The van der Waals surface area contributed by atoms with Crippen molar-refractivity contribution in [3.8, 4) is 5.75 Å². The summed E-state index contributed by atoms with van der Waals surface area (Å²) in [5, 5.41) is 2.99. The van der Waals surface area contributed by atoms with Gasteiger partial charge in [-0.2, -0.15) is 0 Å². The Morgan fingerprint density at radius 1 is 1.19 bits per heavy atom. The van der Waals surface area contributed by atoms with Gasteiger partial charge in [0.1, 0.15) is 5.75 Å². The number of rotatable bonds is 8. The van der Waals surface area contributed by atoms with Gasteiger partial charge in [0.25, 0.3) is 0 Å². The molecule has 6 nitrogen and oxygen atoms in total. The first kappa shape index (κ1) is 20.2. The number of carbonyl (C=O) groups excluding carboxylic acids is 2. The van der Waals surface area contributed by atoms with E-state index < -0.39 is 0 Å². The maximum absolute atomic E-state index is 12.7. The van der Waals surface area contributed by atoms with Crippen molar-refractivity contribution >= 4 is 11.8 Å². The molecule has 0 saturated carbocycles. The third-order valence-electron chi connectivity index (χ3n) is 4.83. The molecule has 1 fully saturated rings. The molecule has 1 aromatic rings. The highest BCUT2D eigenvalue weighted by atomic mass is 16.5. The average Bonchev–Trinajstić information content (AvgIpc) is 3.09. The smallest absolute Gasteiger partial charge is 0.225 e. The fourth-order valence-corrected chi connectivity index (χ4v) is 3.36. The lowest BCUT2D eigenvalue weighted by Crippen LogP contribution is -2.37. The lowest BCUT2D eigenvalue weighted by molar-refractivity contribution is -0.133. The van der Waals surface area contributed by atoms with Gasteiger partial charge in [-0.3, -0.25) is 9.59 Å². The van der Waals surface area contributed by atoms with Crippen molar-refractivity contribution < 1.29 is 19.1 Å². The zero-order valence-corrected chi connectivity index (χ0v) is 16.2. The van der Waals surface area contributed by atoms with Gasteiger partial charge in [0.2, 0.25) is 11.8 Å². The standard InChI is InChI=1S/C20H30N2O4/c1-14(2)20(24)22-12-17(15-6-8-16(26-4)9-7-15)18(13-22)19(23)21-10-5-11-25-3/h6-9,14,17-18H,5,10-13H2,1-4H3,(H,21,23). The van der Waals surface area contributed by atoms with Crippen molar-refractivity contribution in [3.63, 3.8) is 0 Å². The van der Waals surface area contributed by atoms with Crippen LogP contribution in [-0.4, -0.2) is 57.2 Å². The average molecular weight is 362 g/mol. The third kappa shape index (κ3) is 4.97. The predicted molar refractivity (Wildman–Crippen MR) is 100 cm³/mol. The Hall–Kier alpha value is -2.08. The second-order valence-corrected chi connectivity index (χ2v) is 7.02. The van der Waals surface area contributed by atoms with Gasteiger partial charge in [-0.1, -0.05) is 26.0 Å². The van der Waals surface area contributed by atoms with Crippen molar-refractivity contribution in [2.75, 3.05) is 40.5 Å². The van der Waals surface area contributed by atoms with Gasteiger partial charge in [0.15, 0.2) is 0 Å². The van der Waals surface area contributed by atoms with Crippen molar-refractivity contribution in [2.24, 2.45) is 11.8 Å². The lowest BCUT2D eigenvalue weighted by atomic mass is 9.88. The fourth-order valence-electron chi connectivity index (χ4n) is 3.36. The monoisotopic (exact) mass is 362 g/mol. The van der Waals surface area contributed by atoms with Gasteiger partial charge < -0.3 is 19.7 Å². The second kappa shape index (κ2) is 9.57. The number of hydrogen-bond donors (Lipinski definition) is 1. The van der Waals surface area contributed by atoms with Crippen LogP contribution < -0.4 is 10.1 Å². The van der Waals surface area contributed by atoms with Crippen LogP contribution in [0, 0.1) is 11.8 Å². The molecule has 0 aromatic heterocycles. The van der Waals surface area contributed by atoms with E-state index in [2.05, 4.69) is 5.32 Å². The highest BCUT2D eigenvalue weighted by molar-refractivity contribution is 5.84. The van der Waals surface area contributed by atoms with E-state index in [4.69, 9.17) is 9.47 Å². The molecule has 0 spiro atoms. The van der Waals surface area contributed by atoms with Crippen LogP contribution >= 0.6 is 0 Å². The SMILES string of the molecule is COCCCNC(=O)C1CN(C(=O)C(C)C)CC1c1ccc(OC)cc1. The van der Waals surface area contributed by atoms with Gasteiger partial charge in [-0.15, -0.1) is 0 Å². The Balaban J connectivity index is 2.13. The maximum Gasteiger partial charge on any atom is 0.225 e. The van der Waals surface area contributed by atoms with E-state index >= 15 is 0 Å². The summed E-state index contributed by atoms with van der Waals surface area (Å²) in [6.07, 6.45) is 0.775. The highest BCUT2D eigenvalue weighted by Gasteiger charge is 2.40. The molecule has 1 aliphatic rings. The first-order valence-electron chi connectivity index (χ1n) is 9.17. The first-order chi connectivity index (χ1) is 12.5. The zero-order valence-electron chi connectivity index (χ0n) is 16.2. The Kier molecular flexibility index (Phi) is 7.45. The minimum absolute atomic E-state index is 0.000905. The molecule has 2 rings (SSSR count). The largest absolute Gasteiger partial charge is 0.497 e. The number of carbonyl (C=O) groups is 2. The van der Waals surface area contributed by atoms with Gasteiger partial charge in [-0.05, 0) is 24.1 Å². The van der Waals surface area contributed by atoms with Crippen molar-refractivity contribution in [2.45, 2.75) is 26.2 Å².